The summed E-state index contributed by atoms with van der Waals surface area (Å²) in [5.41, 5.74) is 2.30. The molecule has 132 valence electrons. The number of rotatable bonds is 8. The average molecular weight is 338 g/mol. The first-order chi connectivity index (χ1) is 12.2. The highest BCUT2D eigenvalue weighted by Crippen LogP contribution is 2.23. The predicted molar refractivity (Wildman–Crippen MR) is 102 cm³/mol. The molecule has 0 fully saturated rings. The van der Waals surface area contributed by atoms with Crippen molar-refractivity contribution >= 4 is 11.0 Å². The Balaban J connectivity index is 1.57. The average Bonchev–Trinajstić information content (AvgIpc) is 3.01. The second kappa shape index (κ2) is 8.06. The van der Waals surface area contributed by atoms with Gasteiger partial charge in [0.2, 0.25) is 0 Å². The maximum atomic E-state index is 5.83. The second-order valence-electron chi connectivity index (χ2n) is 6.50. The van der Waals surface area contributed by atoms with E-state index in [2.05, 4.69) is 36.6 Å². The van der Waals surface area contributed by atoms with Gasteiger partial charge in [-0.25, -0.2) is 4.98 Å². The summed E-state index contributed by atoms with van der Waals surface area (Å²) in [5.74, 6) is 3.26. The van der Waals surface area contributed by atoms with Crippen molar-refractivity contribution in [2.45, 2.75) is 39.2 Å². The zero-order valence-corrected chi connectivity index (χ0v) is 15.2. The van der Waals surface area contributed by atoms with Gasteiger partial charge in [-0.05, 0) is 37.1 Å². The summed E-state index contributed by atoms with van der Waals surface area (Å²) in [6.07, 6.45) is 2.06. The van der Waals surface area contributed by atoms with Gasteiger partial charge in [0, 0.05) is 18.5 Å². The Morgan fingerprint density at radius 3 is 2.60 bits per heavy atom. The van der Waals surface area contributed by atoms with Gasteiger partial charge in [0.1, 0.15) is 17.3 Å². The summed E-state index contributed by atoms with van der Waals surface area (Å²) in [6.45, 7) is 6.07. The normalized spacial score (nSPS) is 11.2. The molecule has 1 heterocycles. The first kappa shape index (κ1) is 17.3. The lowest BCUT2D eigenvalue weighted by molar-refractivity contribution is 0.301. The molecular weight excluding hydrogens is 312 g/mol. The molecule has 0 unspecified atom stereocenters. The number of methoxy groups -OCH3 is 1. The van der Waals surface area contributed by atoms with Gasteiger partial charge in [0.25, 0.3) is 0 Å². The first-order valence-corrected chi connectivity index (χ1v) is 8.91. The summed E-state index contributed by atoms with van der Waals surface area (Å²) in [6, 6.07) is 16.1. The molecule has 3 aromatic rings. The SMILES string of the molecule is COc1cccc(OCCCCn2c(C(C)C)nc3ccccc32)c1. The molecular formula is C21H26N2O2. The number of ether oxygens (including phenoxy) is 2. The Bertz CT molecular complexity index is 824. The molecule has 0 saturated heterocycles. The van der Waals surface area contributed by atoms with Crippen molar-refractivity contribution in [3.8, 4) is 11.5 Å². The van der Waals surface area contributed by atoms with E-state index in [1.807, 2.05) is 30.3 Å². The standard InChI is InChI=1S/C21H26N2O2/c1-16(2)21-22-19-11-4-5-12-20(19)23(21)13-6-7-14-25-18-10-8-9-17(15-18)24-3/h4-5,8-12,15-16H,6-7,13-14H2,1-3H3. The highest BCUT2D eigenvalue weighted by Gasteiger charge is 2.12. The molecule has 0 aliphatic rings. The van der Waals surface area contributed by atoms with E-state index in [0.717, 1.165) is 42.2 Å². The van der Waals surface area contributed by atoms with Crippen LogP contribution < -0.4 is 9.47 Å². The summed E-state index contributed by atoms with van der Waals surface area (Å²) in [7, 11) is 1.67. The van der Waals surface area contributed by atoms with Crippen LogP contribution in [0.4, 0.5) is 0 Å². The van der Waals surface area contributed by atoms with Crippen LogP contribution >= 0.6 is 0 Å². The third-order valence-electron chi connectivity index (χ3n) is 4.29. The van der Waals surface area contributed by atoms with Gasteiger partial charge in [-0.15, -0.1) is 0 Å². The molecule has 0 spiro atoms. The van der Waals surface area contributed by atoms with Crippen LogP contribution in [0, 0.1) is 0 Å². The van der Waals surface area contributed by atoms with Crippen LogP contribution in [-0.2, 0) is 6.54 Å². The number of hydrogen-bond acceptors (Lipinski definition) is 3. The molecule has 0 amide bonds. The number of aryl methyl sites for hydroxylation is 1. The fourth-order valence-corrected chi connectivity index (χ4v) is 3.02. The van der Waals surface area contributed by atoms with Gasteiger partial charge < -0.3 is 14.0 Å². The Hall–Kier alpha value is -2.49. The van der Waals surface area contributed by atoms with Crippen molar-refractivity contribution in [1.29, 1.82) is 0 Å². The van der Waals surface area contributed by atoms with Crippen molar-refractivity contribution in [2.24, 2.45) is 0 Å². The monoisotopic (exact) mass is 338 g/mol. The van der Waals surface area contributed by atoms with Crippen LogP contribution in [0.5, 0.6) is 11.5 Å². The van der Waals surface area contributed by atoms with Crippen molar-refractivity contribution < 1.29 is 9.47 Å². The van der Waals surface area contributed by atoms with E-state index >= 15 is 0 Å². The van der Waals surface area contributed by atoms with Crippen LogP contribution in [0.1, 0.15) is 38.4 Å². The molecule has 1 aromatic heterocycles. The largest absolute Gasteiger partial charge is 0.497 e. The van der Waals surface area contributed by atoms with Crippen LogP contribution in [0.15, 0.2) is 48.5 Å². The number of benzene rings is 2. The Kier molecular flexibility index (Phi) is 5.59. The Morgan fingerprint density at radius 2 is 1.80 bits per heavy atom. The smallest absolute Gasteiger partial charge is 0.122 e. The fourth-order valence-electron chi connectivity index (χ4n) is 3.02. The van der Waals surface area contributed by atoms with E-state index in [-0.39, 0.29) is 0 Å². The molecule has 2 aromatic carbocycles. The minimum absolute atomic E-state index is 0.417. The van der Waals surface area contributed by atoms with E-state index in [1.165, 1.54) is 5.52 Å². The number of unbranched alkanes of at least 4 members (excludes halogenated alkanes) is 1. The zero-order valence-electron chi connectivity index (χ0n) is 15.2. The molecule has 4 heteroatoms. The molecule has 0 radical (unpaired) electrons. The zero-order chi connectivity index (χ0) is 17.6. The molecule has 0 aliphatic carbocycles. The predicted octanol–water partition coefficient (Wildman–Crippen LogP) is 5.03. The fraction of sp³-hybridized carbons (Fsp3) is 0.381. The second-order valence-corrected chi connectivity index (χ2v) is 6.50. The summed E-state index contributed by atoms with van der Waals surface area (Å²) < 4.78 is 13.4. The number of imidazole rings is 1. The van der Waals surface area contributed by atoms with E-state index < -0.39 is 0 Å². The third kappa shape index (κ3) is 4.13. The van der Waals surface area contributed by atoms with Crippen LogP contribution in [-0.4, -0.2) is 23.3 Å². The minimum Gasteiger partial charge on any atom is -0.497 e. The number of fused-ring (bicyclic) bond motifs is 1. The maximum Gasteiger partial charge on any atom is 0.122 e. The Labute approximate surface area is 149 Å². The quantitative estimate of drug-likeness (QED) is 0.541. The van der Waals surface area contributed by atoms with Crippen molar-refractivity contribution in [3.63, 3.8) is 0 Å². The van der Waals surface area contributed by atoms with E-state index in [0.29, 0.717) is 12.5 Å². The van der Waals surface area contributed by atoms with E-state index in [4.69, 9.17) is 14.5 Å². The van der Waals surface area contributed by atoms with Crippen molar-refractivity contribution in [1.82, 2.24) is 9.55 Å². The van der Waals surface area contributed by atoms with Crippen LogP contribution in [0.3, 0.4) is 0 Å². The van der Waals surface area contributed by atoms with E-state index in [1.54, 1.807) is 7.11 Å². The van der Waals surface area contributed by atoms with Crippen molar-refractivity contribution in [2.75, 3.05) is 13.7 Å². The lowest BCUT2D eigenvalue weighted by Gasteiger charge is -2.12. The Morgan fingerprint density at radius 1 is 1.00 bits per heavy atom. The molecule has 0 atom stereocenters. The summed E-state index contributed by atoms with van der Waals surface area (Å²) >= 11 is 0. The first-order valence-electron chi connectivity index (χ1n) is 8.91. The molecule has 0 bridgehead atoms. The third-order valence-corrected chi connectivity index (χ3v) is 4.29. The van der Waals surface area contributed by atoms with Gasteiger partial charge in [-0.2, -0.15) is 0 Å². The lowest BCUT2D eigenvalue weighted by atomic mass is 10.2. The van der Waals surface area contributed by atoms with Gasteiger partial charge >= 0.3 is 0 Å². The number of para-hydroxylation sites is 2. The minimum atomic E-state index is 0.417. The molecule has 0 aliphatic heterocycles. The highest BCUT2D eigenvalue weighted by atomic mass is 16.5. The molecule has 0 N–H and O–H groups in total. The van der Waals surface area contributed by atoms with Gasteiger partial charge in [-0.3, -0.25) is 0 Å². The maximum absolute atomic E-state index is 5.83. The van der Waals surface area contributed by atoms with Gasteiger partial charge in [-0.1, -0.05) is 32.0 Å². The van der Waals surface area contributed by atoms with Crippen LogP contribution in [0.2, 0.25) is 0 Å². The summed E-state index contributed by atoms with van der Waals surface area (Å²) in [5, 5.41) is 0. The topological polar surface area (TPSA) is 36.3 Å². The number of nitrogens with zero attached hydrogens (tertiary/aromatic N) is 2. The highest BCUT2D eigenvalue weighted by molar-refractivity contribution is 5.76. The van der Waals surface area contributed by atoms with E-state index in [9.17, 15) is 0 Å². The number of hydrogen-bond donors (Lipinski definition) is 0. The van der Waals surface area contributed by atoms with Gasteiger partial charge in [0.15, 0.2) is 0 Å². The lowest BCUT2D eigenvalue weighted by Crippen LogP contribution is -2.07. The summed E-state index contributed by atoms with van der Waals surface area (Å²) in [4.78, 5) is 4.80. The van der Waals surface area contributed by atoms with Crippen molar-refractivity contribution in [3.05, 3.63) is 54.4 Å². The molecule has 0 saturated carbocycles. The van der Waals surface area contributed by atoms with Crippen LogP contribution in [0.25, 0.3) is 11.0 Å². The molecule has 25 heavy (non-hydrogen) atoms. The van der Waals surface area contributed by atoms with Gasteiger partial charge in [0.05, 0.1) is 24.8 Å². The molecule has 4 nitrogen and oxygen atoms in total. The molecule has 3 rings (SSSR count). The number of aromatic nitrogens is 2.